The summed E-state index contributed by atoms with van der Waals surface area (Å²) in [6, 6.07) is 4.80. The number of benzene rings is 1. The molecular weight excluding hydrogens is 258 g/mol. The summed E-state index contributed by atoms with van der Waals surface area (Å²) < 4.78 is 14.6. The molecule has 1 aromatic rings. The number of ether oxygens (including phenoxy) is 3. The van der Waals surface area contributed by atoms with Gasteiger partial charge in [0.2, 0.25) is 0 Å². The highest BCUT2D eigenvalue weighted by Crippen LogP contribution is 2.26. The van der Waals surface area contributed by atoms with Crippen LogP contribution in [0.15, 0.2) is 18.2 Å². The van der Waals surface area contributed by atoms with Crippen molar-refractivity contribution in [2.24, 2.45) is 5.73 Å². The summed E-state index contributed by atoms with van der Waals surface area (Å²) in [6.07, 6.45) is 0. The summed E-state index contributed by atoms with van der Waals surface area (Å²) in [4.78, 5) is 10.8. The van der Waals surface area contributed by atoms with E-state index < -0.39 is 12.0 Å². The molecule has 0 saturated carbocycles. The van der Waals surface area contributed by atoms with Gasteiger partial charge in [-0.15, -0.1) is 0 Å². The molecule has 0 saturated heterocycles. The van der Waals surface area contributed by atoms with Crippen molar-refractivity contribution < 1.29 is 19.0 Å². The van der Waals surface area contributed by atoms with Gasteiger partial charge >= 0.3 is 5.97 Å². The maximum Gasteiger partial charge on any atom is 0.331 e. The van der Waals surface area contributed by atoms with Crippen molar-refractivity contribution in [1.29, 1.82) is 0 Å². The molecule has 0 aromatic heterocycles. The SMILES string of the molecule is COC(=O)COCC(N)c1ccc(OC)cc1Cl. The zero-order chi connectivity index (χ0) is 13.5. The molecule has 0 aliphatic heterocycles. The number of methoxy groups -OCH3 is 2. The summed E-state index contributed by atoms with van der Waals surface area (Å²) in [6.45, 7) is 0.0547. The molecule has 0 bridgehead atoms. The van der Waals surface area contributed by atoms with E-state index in [0.29, 0.717) is 10.8 Å². The van der Waals surface area contributed by atoms with Crippen molar-refractivity contribution in [1.82, 2.24) is 0 Å². The van der Waals surface area contributed by atoms with Crippen LogP contribution in [0, 0.1) is 0 Å². The van der Waals surface area contributed by atoms with Crippen LogP contribution in [0.25, 0.3) is 0 Å². The molecule has 100 valence electrons. The number of nitrogens with two attached hydrogens (primary N) is 1. The average molecular weight is 274 g/mol. The summed E-state index contributed by atoms with van der Waals surface area (Å²) in [5.74, 6) is 0.217. The number of carbonyl (C=O) groups excluding carboxylic acids is 1. The standard InChI is InChI=1S/C12H16ClNO4/c1-16-8-3-4-9(10(13)5-8)11(14)6-18-7-12(15)17-2/h3-5,11H,6-7,14H2,1-2H3. The smallest absolute Gasteiger partial charge is 0.331 e. The molecule has 1 rings (SSSR count). The molecule has 1 aromatic carbocycles. The van der Waals surface area contributed by atoms with Gasteiger partial charge in [0.05, 0.1) is 26.9 Å². The van der Waals surface area contributed by atoms with Gasteiger partial charge in [-0.25, -0.2) is 4.79 Å². The first-order chi connectivity index (χ1) is 8.58. The number of hydrogen-bond donors (Lipinski definition) is 1. The summed E-state index contributed by atoms with van der Waals surface area (Å²) in [7, 11) is 2.86. The molecule has 18 heavy (non-hydrogen) atoms. The minimum absolute atomic E-state index is 0.127. The van der Waals surface area contributed by atoms with E-state index in [-0.39, 0.29) is 13.2 Å². The quantitative estimate of drug-likeness (QED) is 0.796. The average Bonchev–Trinajstić information content (AvgIpc) is 2.37. The molecule has 1 unspecified atom stereocenters. The molecule has 5 nitrogen and oxygen atoms in total. The first-order valence-corrected chi connectivity index (χ1v) is 5.70. The Labute approximate surface area is 111 Å². The van der Waals surface area contributed by atoms with Gasteiger partial charge in [-0.1, -0.05) is 17.7 Å². The van der Waals surface area contributed by atoms with Crippen LogP contribution in [-0.2, 0) is 14.3 Å². The lowest BCUT2D eigenvalue weighted by molar-refractivity contribution is -0.146. The van der Waals surface area contributed by atoms with Gasteiger partial charge in [0.1, 0.15) is 12.4 Å². The molecule has 0 aliphatic rings. The second kappa shape index (κ2) is 7.20. The van der Waals surface area contributed by atoms with Gasteiger partial charge in [0.15, 0.2) is 0 Å². The van der Waals surface area contributed by atoms with Gasteiger partial charge in [-0.3, -0.25) is 0 Å². The molecule has 2 N–H and O–H groups in total. The Morgan fingerprint density at radius 2 is 2.17 bits per heavy atom. The minimum Gasteiger partial charge on any atom is -0.497 e. The third-order valence-corrected chi connectivity index (χ3v) is 2.68. The van der Waals surface area contributed by atoms with Gasteiger partial charge in [0, 0.05) is 5.02 Å². The number of hydrogen-bond acceptors (Lipinski definition) is 5. The van der Waals surface area contributed by atoms with Crippen LogP contribution in [0.2, 0.25) is 5.02 Å². The molecule has 0 heterocycles. The van der Waals surface area contributed by atoms with Gasteiger partial charge in [-0.05, 0) is 17.7 Å². The topological polar surface area (TPSA) is 70.8 Å². The summed E-state index contributed by atoms with van der Waals surface area (Å²) in [5.41, 5.74) is 6.65. The van der Waals surface area contributed by atoms with Crippen LogP contribution in [0.5, 0.6) is 5.75 Å². The lowest BCUT2D eigenvalue weighted by Gasteiger charge is -2.14. The van der Waals surface area contributed by atoms with E-state index in [9.17, 15) is 4.79 Å². The van der Waals surface area contributed by atoms with Crippen molar-refractivity contribution in [2.45, 2.75) is 6.04 Å². The predicted molar refractivity (Wildman–Crippen MR) is 67.8 cm³/mol. The Balaban J connectivity index is 2.56. The Hall–Kier alpha value is -1.30. The van der Waals surface area contributed by atoms with Crippen molar-refractivity contribution in [3.8, 4) is 5.75 Å². The molecular formula is C12H16ClNO4. The van der Waals surface area contributed by atoms with E-state index in [2.05, 4.69) is 4.74 Å². The second-order valence-electron chi connectivity index (χ2n) is 3.59. The molecule has 0 spiro atoms. The number of esters is 1. The first kappa shape index (κ1) is 14.8. The maximum atomic E-state index is 10.8. The van der Waals surface area contributed by atoms with Crippen LogP contribution in [0.1, 0.15) is 11.6 Å². The minimum atomic E-state index is -0.442. The number of halogens is 1. The molecule has 0 radical (unpaired) electrons. The van der Waals surface area contributed by atoms with Crippen molar-refractivity contribution >= 4 is 17.6 Å². The summed E-state index contributed by atoms with van der Waals surface area (Å²) >= 11 is 6.06. The number of rotatable bonds is 6. The van der Waals surface area contributed by atoms with Crippen LogP contribution in [-0.4, -0.2) is 33.4 Å². The highest BCUT2D eigenvalue weighted by Gasteiger charge is 2.12. The van der Waals surface area contributed by atoms with Crippen LogP contribution in [0.4, 0.5) is 0 Å². The van der Waals surface area contributed by atoms with Gasteiger partial charge in [0.25, 0.3) is 0 Å². The lowest BCUT2D eigenvalue weighted by atomic mass is 10.1. The van der Waals surface area contributed by atoms with E-state index in [0.717, 1.165) is 5.56 Å². The molecule has 0 fully saturated rings. The van der Waals surface area contributed by atoms with Gasteiger partial charge in [-0.2, -0.15) is 0 Å². The molecule has 0 amide bonds. The lowest BCUT2D eigenvalue weighted by Crippen LogP contribution is -2.20. The predicted octanol–water partition coefficient (Wildman–Crippen LogP) is 1.54. The van der Waals surface area contributed by atoms with Gasteiger partial charge < -0.3 is 19.9 Å². The maximum absolute atomic E-state index is 10.8. The van der Waals surface area contributed by atoms with E-state index in [1.807, 2.05) is 0 Å². The van der Waals surface area contributed by atoms with Crippen molar-refractivity contribution in [3.05, 3.63) is 28.8 Å². The van der Waals surface area contributed by atoms with Crippen molar-refractivity contribution in [3.63, 3.8) is 0 Å². The van der Waals surface area contributed by atoms with Crippen LogP contribution in [0.3, 0.4) is 0 Å². The Morgan fingerprint density at radius 3 is 2.72 bits per heavy atom. The largest absolute Gasteiger partial charge is 0.497 e. The van der Waals surface area contributed by atoms with Crippen molar-refractivity contribution in [2.75, 3.05) is 27.4 Å². The summed E-state index contributed by atoms with van der Waals surface area (Å²) in [5, 5.41) is 0.503. The first-order valence-electron chi connectivity index (χ1n) is 5.32. The van der Waals surface area contributed by atoms with E-state index >= 15 is 0 Å². The van der Waals surface area contributed by atoms with E-state index in [1.165, 1.54) is 7.11 Å². The number of carbonyl (C=O) groups is 1. The fourth-order valence-corrected chi connectivity index (χ4v) is 1.66. The third kappa shape index (κ3) is 4.18. The van der Waals surface area contributed by atoms with E-state index in [4.69, 9.17) is 26.8 Å². The molecule has 1 atom stereocenters. The second-order valence-corrected chi connectivity index (χ2v) is 3.99. The normalized spacial score (nSPS) is 12.0. The molecule has 6 heteroatoms. The highest BCUT2D eigenvalue weighted by molar-refractivity contribution is 6.31. The van der Waals surface area contributed by atoms with E-state index in [1.54, 1.807) is 25.3 Å². The monoisotopic (exact) mass is 273 g/mol. The Morgan fingerprint density at radius 1 is 1.44 bits per heavy atom. The fraction of sp³-hybridized carbons (Fsp3) is 0.417. The highest BCUT2D eigenvalue weighted by atomic mass is 35.5. The Kier molecular flexibility index (Phi) is 5.91. The molecule has 0 aliphatic carbocycles. The zero-order valence-electron chi connectivity index (χ0n) is 10.3. The zero-order valence-corrected chi connectivity index (χ0v) is 11.1. The van der Waals surface area contributed by atoms with Crippen LogP contribution >= 0.6 is 11.6 Å². The fourth-order valence-electron chi connectivity index (χ4n) is 1.35. The Bertz CT molecular complexity index is 411. The third-order valence-electron chi connectivity index (χ3n) is 2.35. The van der Waals surface area contributed by atoms with Crippen LogP contribution < -0.4 is 10.5 Å².